The molecule has 0 unspecified atom stereocenters. The molecule has 1 aromatic carbocycles. The van der Waals surface area contributed by atoms with Crippen molar-refractivity contribution in [3.05, 3.63) is 36.2 Å². The summed E-state index contributed by atoms with van der Waals surface area (Å²) in [6, 6.07) is 7.16. The largest absolute Gasteiger partial charge is 0.423 e. The molecular formula is C13H13N3O3. The third-order valence-electron chi connectivity index (χ3n) is 3.04. The summed E-state index contributed by atoms with van der Waals surface area (Å²) < 4.78 is 10.3. The lowest BCUT2D eigenvalue weighted by Crippen LogP contribution is -2.40. The average Bonchev–Trinajstić information content (AvgIpc) is 3.02. The molecule has 3 rings (SSSR count). The van der Waals surface area contributed by atoms with Gasteiger partial charge in [0.2, 0.25) is 12.3 Å². The summed E-state index contributed by atoms with van der Waals surface area (Å²) in [5.74, 6) is 0.478. The first-order chi connectivity index (χ1) is 9.34. The number of rotatable bonds is 2. The third kappa shape index (κ3) is 2.48. The zero-order valence-corrected chi connectivity index (χ0v) is 10.3. The maximum atomic E-state index is 12.2. The Labute approximate surface area is 110 Å². The summed E-state index contributed by atoms with van der Waals surface area (Å²) in [5, 5.41) is 7.45. The third-order valence-corrected chi connectivity index (χ3v) is 3.04. The van der Waals surface area contributed by atoms with E-state index < -0.39 is 0 Å². The quantitative estimate of drug-likeness (QED) is 0.810. The topological polar surface area (TPSA) is 68.5 Å². The van der Waals surface area contributed by atoms with Crippen molar-refractivity contribution in [2.45, 2.75) is 0 Å². The number of carbonyl (C=O) groups excluding carboxylic acids is 1. The van der Waals surface area contributed by atoms with Crippen LogP contribution in [-0.2, 0) is 4.74 Å². The summed E-state index contributed by atoms with van der Waals surface area (Å²) >= 11 is 0. The van der Waals surface area contributed by atoms with Gasteiger partial charge in [0.15, 0.2) is 0 Å². The molecule has 0 N–H and O–H groups in total. The van der Waals surface area contributed by atoms with E-state index in [1.807, 2.05) is 0 Å². The first-order valence-electron chi connectivity index (χ1n) is 6.08. The highest BCUT2D eigenvalue weighted by atomic mass is 16.5. The molecule has 0 aliphatic carbocycles. The second-order valence-electron chi connectivity index (χ2n) is 4.23. The van der Waals surface area contributed by atoms with Crippen LogP contribution in [0.25, 0.3) is 11.5 Å². The molecule has 1 aromatic heterocycles. The van der Waals surface area contributed by atoms with Crippen LogP contribution >= 0.6 is 0 Å². The van der Waals surface area contributed by atoms with Crippen LogP contribution in [0.15, 0.2) is 35.1 Å². The number of hydrogen-bond donors (Lipinski definition) is 0. The molecule has 6 heteroatoms. The molecule has 1 aliphatic heterocycles. The van der Waals surface area contributed by atoms with Crippen molar-refractivity contribution in [3.8, 4) is 11.5 Å². The molecule has 0 saturated carbocycles. The van der Waals surface area contributed by atoms with Crippen molar-refractivity contribution < 1.29 is 13.9 Å². The molecule has 1 amide bonds. The highest BCUT2D eigenvalue weighted by Crippen LogP contribution is 2.17. The van der Waals surface area contributed by atoms with Gasteiger partial charge in [0, 0.05) is 24.2 Å². The number of aromatic nitrogens is 2. The van der Waals surface area contributed by atoms with Gasteiger partial charge in [0.1, 0.15) is 0 Å². The summed E-state index contributed by atoms with van der Waals surface area (Å²) in [6.07, 6.45) is 1.28. The van der Waals surface area contributed by atoms with E-state index in [1.165, 1.54) is 6.39 Å². The van der Waals surface area contributed by atoms with Crippen LogP contribution in [0.1, 0.15) is 10.4 Å². The second kappa shape index (κ2) is 5.19. The lowest BCUT2D eigenvalue weighted by molar-refractivity contribution is 0.0303. The van der Waals surface area contributed by atoms with Gasteiger partial charge in [0.25, 0.3) is 5.91 Å². The lowest BCUT2D eigenvalue weighted by atomic mass is 10.1. The first kappa shape index (κ1) is 11.9. The summed E-state index contributed by atoms with van der Waals surface area (Å²) in [6.45, 7) is 2.49. The highest BCUT2D eigenvalue weighted by Gasteiger charge is 2.18. The van der Waals surface area contributed by atoms with Crippen molar-refractivity contribution in [1.29, 1.82) is 0 Å². The Balaban J connectivity index is 1.76. The van der Waals surface area contributed by atoms with E-state index in [9.17, 15) is 4.79 Å². The van der Waals surface area contributed by atoms with Gasteiger partial charge >= 0.3 is 0 Å². The number of ether oxygens (including phenoxy) is 1. The fourth-order valence-electron chi connectivity index (χ4n) is 2.00. The smallest absolute Gasteiger partial charge is 0.254 e. The monoisotopic (exact) mass is 259 g/mol. The molecule has 98 valence electrons. The van der Waals surface area contributed by atoms with E-state index in [4.69, 9.17) is 9.15 Å². The standard InChI is InChI=1S/C13H13N3O3/c17-13(16-5-7-18-8-6-16)11-3-1-10(2-4-11)12-15-14-9-19-12/h1-4,9H,5-8H2. The van der Waals surface area contributed by atoms with Crippen LogP contribution in [0.2, 0.25) is 0 Å². The fraction of sp³-hybridized carbons (Fsp3) is 0.308. The maximum absolute atomic E-state index is 12.2. The molecule has 0 bridgehead atoms. The fourth-order valence-corrected chi connectivity index (χ4v) is 2.00. The highest BCUT2D eigenvalue weighted by molar-refractivity contribution is 5.94. The molecule has 0 atom stereocenters. The lowest BCUT2D eigenvalue weighted by Gasteiger charge is -2.26. The van der Waals surface area contributed by atoms with Crippen LogP contribution in [-0.4, -0.2) is 47.3 Å². The predicted octanol–water partition coefficient (Wildman–Crippen LogP) is 1.21. The minimum atomic E-state index is 0.0281. The van der Waals surface area contributed by atoms with Crippen molar-refractivity contribution >= 4 is 5.91 Å². The van der Waals surface area contributed by atoms with Gasteiger partial charge in [-0.2, -0.15) is 0 Å². The normalized spacial score (nSPS) is 15.5. The molecule has 19 heavy (non-hydrogen) atoms. The Morgan fingerprint density at radius 2 is 1.89 bits per heavy atom. The first-order valence-corrected chi connectivity index (χ1v) is 6.08. The van der Waals surface area contributed by atoms with Crippen LogP contribution in [0.3, 0.4) is 0 Å². The van der Waals surface area contributed by atoms with E-state index in [2.05, 4.69) is 10.2 Å². The maximum Gasteiger partial charge on any atom is 0.254 e. The average molecular weight is 259 g/mol. The van der Waals surface area contributed by atoms with E-state index in [0.717, 1.165) is 5.56 Å². The van der Waals surface area contributed by atoms with Gasteiger partial charge in [-0.3, -0.25) is 4.79 Å². The Bertz CT molecular complexity index is 545. The van der Waals surface area contributed by atoms with Gasteiger partial charge in [-0.1, -0.05) is 0 Å². The van der Waals surface area contributed by atoms with Crippen molar-refractivity contribution in [1.82, 2.24) is 15.1 Å². The molecule has 2 aromatic rings. The Kier molecular flexibility index (Phi) is 3.24. The minimum absolute atomic E-state index is 0.0281. The summed E-state index contributed by atoms with van der Waals surface area (Å²) in [4.78, 5) is 14.0. The van der Waals surface area contributed by atoms with Crippen LogP contribution < -0.4 is 0 Å². The van der Waals surface area contributed by atoms with Crippen molar-refractivity contribution in [3.63, 3.8) is 0 Å². The number of morpholine rings is 1. The van der Waals surface area contributed by atoms with Gasteiger partial charge in [0.05, 0.1) is 13.2 Å². The zero-order valence-electron chi connectivity index (χ0n) is 10.3. The van der Waals surface area contributed by atoms with E-state index in [0.29, 0.717) is 37.8 Å². The van der Waals surface area contributed by atoms with Crippen molar-refractivity contribution in [2.24, 2.45) is 0 Å². The predicted molar refractivity (Wildman–Crippen MR) is 66.5 cm³/mol. The van der Waals surface area contributed by atoms with Gasteiger partial charge < -0.3 is 14.1 Å². The van der Waals surface area contributed by atoms with Gasteiger partial charge in [-0.25, -0.2) is 0 Å². The molecule has 0 spiro atoms. The Morgan fingerprint density at radius 1 is 1.16 bits per heavy atom. The van der Waals surface area contributed by atoms with Gasteiger partial charge in [-0.15, -0.1) is 10.2 Å². The number of hydrogen-bond acceptors (Lipinski definition) is 5. The summed E-state index contributed by atoms with van der Waals surface area (Å²) in [7, 11) is 0. The molecule has 1 aliphatic rings. The Hall–Kier alpha value is -2.21. The molecular weight excluding hydrogens is 246 g/mol. The summed E-state index contributed by atoms with van der Waals surface area (Å²) in [5.41, 5.74) is 1.46. The van der Waals surface area contributed by atoms with E-state index in [-0.39, 0.29) is 5.91 Å². The number of amides is 1. The van der Waals surface area contributed by atoms with Crippen LogP contribution in [0.5, 0.6) is 0 Å². The molecule has 0 radical (unpaired) electrons. The Morgan fingerprint density at radius 3 is 2.53 bits per heavy atom. The zero-order chi connectivity index (χ0) is 13.1. The molecule has 6 nitrogen and oxygen atoms in total. The molecule has 1 fully saturated rings. The van der Waals surface area contributed by atoms with Crippen LogP contribution in [0.4, 0.5) is 0 Å². The van der Waals surface area contributed by atoms with Gasteiger partial charge in [-0.05, 0) is 24.3 Å². The number of nitrogens with zero attached hydrogens (tertiary/aromatic N) is 3. The molecule has 2 heterocycles. The number of carbonyl (C=O) groups is 1. The second-order valence-corrected chi connectivity index (χ2v) is 4.23. The van der Waals surface area contributed by atoms with Crippen LogP contribution in [0, 0.1) is 0 Å². The number of benzene rings is 1. The molecule has 1 saturated heterocycles. The minimum Gasteiger partial charge on any atom is -0.423 e. The van der Waals surface area contributed by atoms with E-state index >= 15 is 0 Å². The van der Waals surface area contributed by atoms with Crippen molar-refractivity contribution in [2.75, 3.05) is 26.3 Å². The van der Waals surface area contributed by atoms with E-state index in [1.54, 1.807) is 29.2 Å². The SMILES string of the molecule is O=C(c1ccc(-c2nnco2)cc1)N1CCOCC1.